The number of nitrogens with zero attached hydrogens (tertiary/aromatic N) is 3. The molecule has 1 heterocycles. The molecule has 2 aromatic rings. The maximum Gasteiger partial charge on any atom is 0.373 e. The fraction of sp³-hybridized carbons (Fsp3) is 0.286. The normalized spacial score (nSPS) is 10.2. The molecule has 0 unspecified atom stereocenters. The SMILES string of the molecule is CCOc1ncnc(Nc2cccc(C)c2C)c1[N+](=O)[O-]. The van der Waals surface area contributed by atoms with Crippen molar-refractivity contribution in [2.24, 2.45) is 0 Å². The molecule has 1 aromatic heterocycles. The van der Waals surface area contributed by atoms with E-state index >= 15 is 0 Å². The number of hydrogen-bond acceptors (Lipinski definition) is 6. The minimum atomic E-state index is -0.543. The van der Waals surface area contributed by atoms with Crippen LogP contribution >= 0.6 is 0 Å². The quantitative estimate of drug-likeness (QED) is 0.671. The van der Waals surface area contributed by atoms with Crippen LogP contribution in [0.2, 0.25) is 0 Å². The Labute approximate surface area is 122 Å². The molecular formula is C14H16N4O3. The van der Waals surface area contributed by atoms with Crippen LogP contribution in [0.3, 0.4) is 0 Å². The molecular weight excluding hydrogens is 272 g/mol. The third kappa shape index (κ3) is 3.07. The van der Waals surface area contributed by atoms with Crippen LogP contribution in [0, 0.1) is 24.0 Å². The molecule has 0 radical (unpaired) electrons. The van der Waals surface area contributed by atoms with E-state index < -0.39 is 4.92 Å². The molecule has 1 N–H and O–H groups in total. The molecule has 0 saturated carbocycles. The number of hydrogen-bond donors (Lipinski definition) is 1. The van der Waals surface area contributed by atoms with Gasteiger partial charge in [0.2, 0.25) is 5.82 Å². The van der Waals surface area contributed by atoms with E-state index in [0.29, 0.717) is 6.61 Å². The summed E-state index contributed by atoms with van der Waals surface area (Å²) in [6.45, 7) is 5.94. The fourth-order valence-electron chi connectivity index (χ4n) is 1.88. The molecule has 0 atom stereocenters. The first-order valence-corrected chi connectivity index (χ1v) is 6.50. The highest BCUT2D eigenvalue weighted by atomic mass is 16.6. The van der Waals surface area contributed by atoms with Gasteiger partial charge in [0.1, 0.15) is 6.33 Å². The largest absolute Gasteiger partial charge is 0.473 e. The zero-order chi connectivity index (χ0) is 15.4. The van der Waals surface area contributed by atoms with Gasteiger partial charge in [-0.1, -0.05) is 12.1 Å². The van der Waals surface area contributed by atoms with Gasteiger partial charge in [-0.3, -0.25) is 10.1 Å². The Morgan fingerprint density at radius 2 is 2.10 bits per heavy atom. The highest BCUT2D eigenvalue weighted by molar-refractivity contribution is 5.70. The molecule has 110 valence electrons. The number of nitrogens with one attached hydrogen (secondary N) is 1. The van der Waals surface area contributed by atoms with Gasteiger partial charge >= 0.3 is 5.69 Å². The summed E-state index contributed by atoms with van der Waals surface area (Å²) in [5.74, 6) is 0.0810. The van der Waals surface area contributed by atoms with Crippen molar-refractivity contribution in [1.29, 1.82) is 0 Å². The van der Waals surface area contributed by atoms with Gasteiger partial charge in [-0.15, -0.1) is 0 Å². The minimum absolute atomic E-state index is 0.0368. The lowest BCUT2D eigenvalue weighted by Gasteiger charge is -2.11. The lowest BCUT2D eigenvalue weighted by molar-refractivity contribution is -0.385. The fourth-order valence-corrected chi connectivity index (χ4v) is 1.88. The van der Waals surface area contributed by atoms with Crippen molar-refractivity contribution in [2.75, 3.05) is 11.9 Å². The van der Waals surface area contributed by atoms with E-state index in [-0.39, 0.29) is 17.4 Å². The van der Waals surface area contributed by atoms with Crippen LogP contribution in [0.15, 0.2) is 24.5 Å². The van der Waals surface area contributed by atoms with Gasteiger partial charge in [-0.2, -0.15) is 4.98 Å². The molecule has 0 fully saturated rings. The van der Waals surface area contributed by atoms with Gasteiger partial charge in [0.15, 0.2) is 0 Å². The van der Waals surface area contributed by atoms with Crippen LogP contribution in [-0.2, 0) is 0 Å². The second kappa shape index (κ2) is 6.17. The van der Waals surface area contributed by atoms with Crippen molar-refractivity contribution in [1.82, 2.24) is 9.97 Å². The van der Waals surface area contributed by atoms with E-state index in [2.05, 4.69) is 15.3 Å². The van der Waals surface area contributed by atoms with Gasteiger partial charge in [-0.05, 0) is 38.0 Å². The number of aryl methyl sites for hydroxylation is 1. The Hall–Kier alpha value is -2.70. The first-order chi connectivity index (χ1) is 10.0. The molecule has 0 amide bonds. The molecule has 21 heavy (non-hydrogen) atoms. The molecule has 2 rings (SSSR count). The average Bonchev–Trinajstić information content (AvgIpc) is 2.44. The van der Waals surface area contributed by atoms with E-state index in [1.807, 2.05) is 32.0 Å². The van der Waals surface area contributed by atoms with E-state index in [4.69, 9.17) is 4.74 Å². The van der Waals surface area contributed by atoms with Crippen molar-refractivity contribution in [2.45, 2.75) is 20.8 Å². The lowest BCUT2D eigenvalue weighted by atomic mass is 10.1. The monoisotopic (exact) mass is 288 g/mol. The van der Waals surface area contributed by atoms with E-state index in [9.17, 15) is 10.1 Å². The number of benzene rings is 1. The van der Waals surface area contributed by atoms with Crippen molar-refractivity contribution in [3.05, 3.63) is 45.8 Å². The number of rotatable bonds is 5. The third-order valence-corrected chi connectivity index (χ3v) is 3.11. The minimum Gasteiger partial charge on any atom is -0.473 e. The highest BCUT2D eigenvalue weighted by Crippen LogP contribution is 2.33. The average molecular weight is 288 g/mol. The molecule has 0 aliphatic heterocycles. The summed E-state index contributed by atoms with van der Waals surface area (Å²) in [5.41, 5.74) is 2.59. The van der Waals surface area contributed by atoms with Crippen molar-refractivity contribution < 1.29 is 9.66 Å². The zero-order valence-corrected chi connectivity index (χ0v) is 12.1. The molecule has 0 bridgehead atoms. The Kier molecular flexibility index (Phi) is 4.32. The predicted octanol–water partition coefficient (Wildman–Crippen LogP) is 3.14. The van der Waals surface area contributed by atoms with Crippen LogP contribution in [0.4, 0.5) is 17.2 Å². The molecule has 7 nitrogen and oxygen atoms in total. The topological polar surface area (TPSA) is 90.2 Å². The summed E-state index contributed by atoms with van der Waals surface area (Å²) in [6, 6.07) is 5.69. The lowest BCUT2D eigenvalue weighted by Crippen LogP contribution is -2.06. The van der Waals surface area contributed by atoms with Crippen LogP contribution < -0.4 is 10.1 Å². The second-order valence-corrected chi connectivity index (χ2v) is 4.44. The molecule has 0 aliphatic rings. The van der Waals surface area contributed by atoms with Crippen LogP contribution in [0.25, 0.3) is 0 Å². The summed E-state index contributed by atoms with van der Waals surface area (Å²) in [4.78, 5) is 18.5. The smallest absolute Gasteiger partial charge is 0.373 e. The molecule has 1 aromatic carbocycles. The van der Waals surface area contributed by atoms with Crippen LogP contribution in [0.5, 0.6) is 5.88 Å². The maximum absolute atomic E-state index is 11.3. The first-order valence-electron chi connectivity index (χ1n) is 6.50. The molecule has 0 spiro atoms. The Balaban J connectivity index is 2.46. The number of anilines is 2. The summed E-state index contributed by atoms with van der Waals surface area (Å²) in [6.07, 6.45) is 1.24. The first kappa shape index (κ1) is 14.7. The Bertz CT molecular complexity index is 673. The van der Waals surface area contributed by atoms with Gasteiger partial charge in [0.25, 0.3) is 5.88 Å². The summed E-state index contributed by atoms with van der Waals surface area (Å²) >= 11 is 0. The van der Waals surface area contributed by atoms with Gasteiger partial charge in [0, 0.05) is 5.69 Å². The van der Waals surface area contributed by atoms with E-state index in [1.54, 1.807) is 6.92 Å². The Morgan fingerprint density at radius 3 is 2.76 bits per heavy atom. The third-order valence-electron chi connectivity index (χ3n) is 3.11. The predicted molar refractivity (Wildman–Crippen MR) is 79.1 cm³/mol. The number of ether oxygens (including phenoxy) is 1. The van der Waals surface area contributed by atoms with Crippen LogP contribution in [-0.4, -0.2) is 21.5 Å². The summed E-state index contributed by atoms with van der Waals surface area (Å²) < 4.78 is 5.20. The zero-order valence-electron chi connectivity index (χ0n) is 12.1. The highest BCUT2D eigenvalue weighted by Gasteiger charge is 2.24. The summed E-state index contributed by atoms with van der Waals surface area (Å²) in [7, 11) is 0. The van der Waals surface area contributed by atoms with E-state index in [1.165, 1.54) is 6.33 Å². The molecule has 0 aliphatic carbocycles. The Morgan fingerprint density at radius 1 is 1.33 bits per heavy atom. The van der Waals surface area contributed by atoms with Gasteiger partial charge in [0.05, 0.1) is 11.5 Å². The summed E-state index contributed by atoms with van der Waals surface area (Å²) in [5, 5.41) is 14.3. The van der Waals surface area contributed by atoms with Crippen LogP contribution in [0.1, 0.15) is 18.1 Å². The standard InChI is InChI=1S/C14H16N4O3/c1-4-21-14-12(18(19)20)13(15-8-16-14)17-11-7-5-6-9(2)10(11)3/h5-8H,4H2,1-3H3,(H,15,16,17). The van der Waals surface area contributed by atoms with Crippen molar-refractivity contribution in [3.8, 4) is 5.88 Å². The van der Waals surface area contributed by atoms with Gasteiger partial charge in [-0.25, -0.2) is 4.98 Å². The van der Waals surface area contributed by atoms with Crippen molar-refractivity contribution >= 4 is 17.2 Å². The maximum atomic E-state index is 11.3. The molecule has 7 heteroatoms. The van der Waals surface area contributed by atoms with Crippen molar-refractivity contribution in [3.63, 3.8) is 0 Å². The molecule has 0 saturated heterocycles. The van der Waals surface area contributed by atoms with E-state index in [0.717, 1.165) is 16.8 Å². The number of aromatic nitrogens is 2. The van der Waals surface area contributed by atoms with Gasteiger partial charge < -0.3 is 10.1 Å². The second-order valence-electron chi connectivity index (χ2n) is 4.44. The number of nitro groups is 1.